The predicted octanol–water partition coefficient (Wildman–Crippen LogP) is 38.2. The third kappa shape index (κ3) is 12.6. The summed E-state index contributed by atoms with van der Waals surface area (Å²) in [6.45, 7) is 0. The Labute approximate surface area is 794 Å². The lowest BCUT2D eigenvalue weighted by molar-refractivity contribution is 0.670. The number of hydrogen-bond donors (Lipinski definition) is 0. The maximum Gasteiger partial charge on any atom is 0.143 e. The van der Waals surface area contributed by atoms with Gasteiger partial charge in [0.2, 0.25) is 0 Å². The van der Waals surface area contributed by atoms with E-state index in [0.29, 0.717) is 0 Å². The first kappa shape index (κ1) is 78.3. The van der Waals surface area contributed by atoms with Crippen molar-refractivity contribution in [2.75, 3.05) is 14.7 Å². The van der Waals surface area contributed by atoms with E-state index in [1.807, 2.05) is 0 Å². The fourth-order valence-electron chi connectivity index (χ4n) is 22.5. The second-order valence-corrected chi connectivity index (χ2v) is 36.3. The second-order valence-electron chi connectivity index (χ2n) is 36.3. The van der Waals surface area contributed by atoms with Crippen molar-refractivity contribution in [2.24, 2.45) is 0 Å². The van der Waals surface area contributed by atoms with Crippen molar-refractivity contribution >= 4 is 214 Å². The molecule has 6 heteroatoms. The van der Waals surface area contributed by atoms with E-state index in [1.165, 1.54) is 163 Å². The number of fused-ring (bicyclic) bond motifs is 3. The Balaban J connectivity index is 0.000000103. The van der Waals surface area contributed by atoms with Crippen LogP contribution in [-0.2, 0) is 0 Å². The van der Waals surface area contributed by atoms with Crippen LogP contribution in [0, 0.1) is 0 Å². The van der Waals surface area contributed by atoms with Gasteiger partial charge in [-0.2, -0.15) is 0 Å². The Morgan fingerprint density at radius 3 is 0.645 bits per heavy atom. The molecule has 30 aromatic rings. The summed E-state index contributed by atoms with van der Waals surface area (Å²) >= 11 is 0. The molecule has 0 atom stereocenters. The van der Waals surface area contributed by atoms with Crippen LogP contribution in [0.4, 0.5) is 51.2 Å². The molecule has 0 aliphatic carbocycles. The van der Waals surface area contributed by atoms with Crippen LogP contribution < -0.4 is 14.7 Å². The van der Waals surface area contributed by atoms with Crippen molar-refractivity contribution in [2.45, 2.75) is 0 Å². The van der Waals surface area contributed by atoms with Crippen molar-refractivity contribution in [1.82, 2.24) is 0 Å². The molecule has 138 heavy (non-hydrogen) atoms. The van der Waals surface area contributed by atoms with Gasteiger partial charge in [0.05, 0.1) is 0 Å². The van der Waals surface area contributed by atoms with Crippen LogP contribution in [0.15, 0.2) is 505 Å². The minimum Gasteiger partial charge on any atom is -0.455 e. The fraction of sp³-hybridized carbons (Fsp3) is 0. The lowest BCUT2D eigenvalue weighted by atomic mass is 9.87. The van der Waals surface area contributed by atoms with Gasteiger partial charge < -0.3 is 28.0 Å². The number of nitrogens with zero attached hydrogens (tertiary/aromatic N) is 3. The highest BCUT2D eigenvalue weighted by Crippen LogP contribution is 2.55. The van der Waals surface area contributed by atoms with Gasteiger partial charge in [-0.25, -0.2) is 0 Å². The highest BCUT2D eigenvalue weighted by atomic mass is 16.3. The van der Waals surface area contributed by atoms with Crippen LogP contribution in [0.5, 0.6) is 0 Å². The molecule has 0 saturated carbocycles. The molecule has 0 radical (unpaired) electrons. The Bertz CT molecular complexity index is 9610. The number of hydrogen-bond acceptors (Lipinski definition) is 6. The first-order chi connectivity index (χ1) is 68.4. The maximum atomic E-state index is 6.77. The third-order valence-corrected chi connectivity index (χ3v) is 28.7. The molecule has 3 aromatic heterocycles. The van der Waals surface area contributed by atoms with Gasteiger partial charge in [0.25, 0.3) is 0 Å². The Kier molecular flexibility index (Phi) is 18.0. The van der Waals surface area contributed by atoms with Crippen LogP contribution >= 0.6 is 0 Å². The summed E-state index contributed by atoms with van der Waals surface area (Å²) in [6.07, 6.45) is 0. The molecule has 0 amide bonds. The number of para-hydroxylation sites is 4. The van der Waals surface area contributed by atoms with Gasteiger partial charge in [-0.3, -0.25) is 0 Å². The van der Waals surface area contributed by atoms with Crippen molar-refractivity contribution in [3.63, 3.8) is 0 Å². The summed E-state index contributed by atoms with van der Waals surface area (Å²) in [5.74, 6) is 0. The second kappa shape index (κ2) is 31.7. The van der Waals surface area contributed by atoms with Gasteiger partial charge in [0.1, 0.15) is 33.5 Å². The molecule has 3 heterocycles. The molecule has 27 aromatic carbocycles. The highest BCUT2D eigenvalue weighted by Gasteiger charge is 2.29. The first-order valence-electron chi connectivity index (χ1n) is 47.3. The van der Waals surface area contributed by atoms with E-state index in [1.54, 1.807) is 0 Å². The number of anilines is 9. The summed E-state index contributed by atoms with van der Waals surface area (Å²) in [4.78, 5) is 6.92. The molecule has 0 aliphatic heterocycles. The first-order valence-corrected chi connectivity index (χ1v) is 47.3. The number of furan rings is 3. The minimum atomic E-state index is 0.938. The van der Waals surface area contributed by atoms with E-state index in [0.717, 1.165) is 118 Å². The molecule has 0 N–H and O–H groups in total. The molecule has 0 saturated heterocycles. The van der Waals surface area contributed by atoms with Gasteiger partial charge in [0, 0.05) is 116 Å². The molecular formula is C132H81N3O3. The smallest absolute Gasteiger partial charge is 0.143 e. The van der Waals surface area contributed by atoms with Crippen LogP contribution in [0.3, 0.4) is 0 Å². The summed E-state index contributed by atoms with van der Waals surface area (Å²) in [5, 5.41) is 30.4. The zero-order chi connectivity index (χ0) is 90.6. The van der Waals surface area contributed by atoms with Crippen molar-refractivity contribution in [3.05, 3.63) is 491 Å². The SMILES string of the molecule is c1ccc(-c2ccc(N(c3ccc(-c4ccccc4)cc3)c3ccc(-c4cc5ccc6cccc7c8cccc9oc4c(c98)c5c67)cc3)cc2)cc1.c1ccc(N(c2ccccc2)c2ccc(-c3cc4ccc5cccc6c7cccc8oc3c(c87)c4c56)cc2)cc1.c1ccc(N(c2ccccc2)c2ccc(-c3cccc(-c4cc5ccc6cccc7c8cccc9oc4c(c98)c5c67)c3)cc2)cc1. The highest BCUT2D eigenvalue weighted by molar-refractivity contribution is 6.43. The van der Waals surface area contributed by atoms with Crippen molar-refractivity contribution in [1.29, 1.82) is 0 Å². The molecule has 642 valence electrons. The van der Waals surface area contributed by atoms with Crippen molar-refractivity contribution < 1.29 is 13.3 Å². The average Bonchev–Trinajstić information content (AvgIpc) is 1.50. The topological polar surface area (TPSA) is 49.1 Å². The van der Waals surface area contributed by atoms with Crippen LogP contribution in [0.25, 0.3) is 230 Å². The minimum absolute atomic E-state index is 0.938. The standard InChI is InChI=1S/C50H31NO.C44H27NO.C38H23NO/c1-3-9-32(10-4-1)34-19-25-39(26-20-34)51(40-27-21-35(22-28-40)33-11-5-2-6-12-33)41-29-23-36(24-30-41)44-31-38-18-17-37-13-7-14-42-43-15-8-16-45-48(43)49(50(44)52-45)47(38)46(37)42;1-3-13-33(14-4-1)45(34-15-5-2-6-16-34)35-24-22-28(23-25-35)30-11-7-12-31(26-30)38-27-32-21-20-29-10-8-17-36-37-18-9-19-39-42(37)43(44(38)46-39)41(32)40(29)36;1-3-10-27(11-4-1)39(28-12-5-2-6-13-28)29-21-19-24(20-22-29)32-23-26-18-17-25-9-7-14-30-31-15-8-16-33-36(31)37(38(32)40-33)35(26)34(25)30/h1-31H;1-27H;1-23H. The van der Waals surface area contributed by atoms with Gasteiger partial charge in [0.15, 0.2) is 0 Å². The third-order valence-electron chi connectivity index (χ3n) is 28.7. The largest absolute Gasteiger partial charge is 0.455 e. The quantitative estimate of drug-likeness (QED) is 0.0753. The summed E-state index contributed by atoms with van der Waals surface area (Å²) in [6, 6.07) is 176. The van der Waals surface area contributed by atoms with E-state index in [9.17, 15) is 0 Å². The monoisotopic (exact) mass is 1760 g/mol. The lowest BCUT2D eigenvalue weighted by Gasteiger charge is -2.26. The van der Waals surface area contributed by atoms with E-state index in [4.69, 9.17) is 13.3 Å². The van der Waals surface area contributed by atoms with Crippen LogP contribution in [0.1, 0.15) is 0 Å². The maximum absolute atomic E-state index is 6.77. The molecule has 0 unspecified atom stereocenters. The average molecular weight is 1760 g/mol. The lowest BCUT2D eigenvalue weighted by Crippen LogP contribution is -2.09. The molecule has 6 nitrogen and oxygen atoms in total. The number of rotatable bonds is 15. The van der Waals surface area contributed by atoms with Crippen LogP contribution in [0.2, 0.25) is 0 Å². The van der Waals surface area contributed by atoms with Gasteiger partial charge in [-0.05, 0) is 283 Å². The molecule has 30 rings (SSSR count). The van der Waals surface area contributed by atoms with E-state index >= 15 is 0 Å². The Hall–Kier alpha value is -18.4. The molecule has 0 fully saturated rings. The molecule has 0 spiro atoms. The van der Waals surface area contributed by atoms with E-state index < -0.39 is 0 Å². The predicted molar refractivity (Wildman–Crippen MR) is 582 cm³/mol. The molecular weight excluding hydrogens is 1680 g/mol. The molecule has 0 bridgehead atoms. The number of benzene rings is 27. The van der Waals surface area contributed by atoms with Gasteiger partial charge in [-0.15, -0.1) is 0 Å². The Morgan fingerprint density at radius 1 is 0.123 bits per heavy atom. The zero-order valence-electron chi connectivity index (χ0n) is 74.8. The zero-order valence-corrected chi connectivity index (χ0v) is 74.8. The summed E-state index contributed by atoms with van der Waals surface area (Å²) in [7, 11) is 0. The van der Waals surface area contributed by atoms with E-state index in [-0.39, 0.29) is 0 Å². The van der Waals surface area contributed by atoms with Crippen LogP contribution in [-0.4, -0.2) is 0 Å². The fourth-order valence-corrected chi connectivity index (χ4v) is 22.5. The van der Waals surface area contributed by atoms with Gasteiger partial charge >= 0.3 is 0 Å². The molecule has 0 aliphatic rings. The van der Waals surface area contributed by atoms with Crippen molar-refractivity contribution in [3.8, 4) is 66.8 Å². The Morgan fingerprint density at radius 2 is 0.341 bits per heavy atom. The normalized spacial score (nSPS) is 11.9. The van der Waals surface area contributed by atoms with Gasteiger partial charge in [-0.1, -0.05) is 340 Å². The summed E-state index contributed by atoms with van der Waals surface area (Å²) < 4.78 is 20.2. The van der Waals surface area contributed by atoms with E-state index in [2.05, 4.69) is 506 Å². The summed E-state index contributed by atoms with van der Waals surface area (Å²) in [5.41, 5.74) is 29.7.